The molecule has 0 unspecified atom stereocenters. The molecule has 2 nitrogen and oxygen atoms in total. The van der Waals surface area contributed by atoms with E-state index < -0.39 is 24.2 Å². The maximum atomic E-state index is 13.3. The van der Waals surface area contributed by atoms with Crippen molar-refractivity contribution in [3.63, 3.8) is 0 Å². The van der Waals surface area contributed by atoms with Crippen molar-refractivity contribution in [2.24, 2.45) is 0 Å². The lowest BCUT2D eigenvalue weighted by Gasteiger charge is -2.35. The lowest BCUT2D eigenvalue weighted by molar-refractivity contribution is -0.139. The topological polar surface area (TPSA) is 15.3 Å². The summed E-state index contributed by atoms with van der Waals surface area (Å²) in [5.74, 6) is 0. The maximum Gasteiger partial charge on any atom is 0.416 e. The molecule has 1 saturated heterocycles. The molecule has 128 valence electrons. The second-order valence-electron chi connectivity index (χ2n) is 4.65. The highest BCUT2D eigenvalue weighted by Crippen LogP contribution is 2.38. The molecule has 1 aromatic rings. The molecule has 0 saturated carbocycles. The quantitative estimate of drug-likeness (QED) is 0.819. The Labute approximate surface area is 137 Å². The molecule has 1 aliphatic rings. The van der Waals surface area contributed by atoms with Gasteiger partial charge in [-0.1, -0.05) is 18.2 Å². The van der Waals surface area contributed by atoms with Crippen LogP contribution in [0.15, 0.2) is 24.3 Å². The molecular weight excluding hydrogens is 350 g/mol. The Morgan fingerprint density at radius 1 is 1.00 bits per heavy atom. The van der Waals surface area contributed by atoms with E-state index in [1.165, 1.54) is 17.0 Å². The van der Waals surface area contributed by atoms with Crippen molar-refractivity contribution in [3.8, 4) is 0 Å². The molecule has 2 rings (SSSR count). The van der Waals surface area contributed by atoms with E-state index >= 15 is 0 Å². The minimum absolute atomic E-state index is 0. The number of benzene rings is 1. The maximum absolute atomic E-state index is 13.3. The Bertz CT molecular complexity index is 450. The van der Waals surface area contributed by atoms with Crippen LogP contribution in [0.5, 0.6) is 0 Å². The minimum atomic E-state index is -4.63. The summed E-state index contributed by atoms with van der Waals surface area (Å²) in [6.45, 7) is 1.61. The van der Waals surface area contributed by atoms with Crippen molar-refractivity contribution in [3.05, 3.63) is 35.4 Å². The van der Waals surface area contributed by atoms with Crippen LogP contribution in [0.25, 0.3) is 0 Å². The van der Waals surface area contributed by atoms with Gasteiger partial charge in [-0.2, -0.15) is 13.2 Å². The zero-order valence-electron chi connectivity index (χ0n) is 11.4. The summed E-state index contributed by atoms with van der Waals surface area (Å²) in [6.07, 6.45) is -7.49. The Hall–Kier alpha value is -0.630. The Balaban J connectivity index is 0.00000220. The fourth-order valence-electron chi connectivity index (χ4n) is 2.47. The molecule has 1 heterocycles. The van der Waals surface area contributed by atoms with Gasteiger partial charge in [-0.25, -0.2) is 8.78 Å². The van der Waals surface area contributed by atoms with Crippen LogP contribution in [-0.2, 0) is 6.18 Å². The van der Waals surface area contributed by atoms with Gasteiger partial charge in [0.2, 0.25) is 0 Å². The molecule has 0 radical (unpaired) electrons. The minimum Gasteiger partial charge on any atom is -0.314 e. The summed E-state index contributed by atoms with van der Waals surface area (Å²) < 4.78 is 65.5. The third kappa shape index (κ3) is 4.94. The van der Waals surface area contributed by atoms with E-state index in [2.05, 4.69) is 5.32 Å². The second-order valence-corrected chi connectivity index (χ2v) is 4.65. The standard InChI is InChI=1S/C13H15F5N2.2ClH/c14-12(15)11(20-7-5-19-6-8-20)9-3-1-2-4-10(9)13(16,17)18;;/h1-4,11-12,19H,5-8H2;2*1H/t11-;;/m1../s1. The molecule has 1 aliphatic heterocycles. The normalized spacial score (nSPS) is 17.5. The highest BCUT2D eigenvalue weighted by molar-refractivity contribution is 5.85. The van der Waals surface area contributed by atoms with Gasteiger partial charge in [0.15, 0.2) is 0 Å². The summed E-state index contributed by atoms with van der Waals surface area (Å²) in [4.78, 5) is 1.41. The first kappa shape index (κ1) is 21.4. The van der Waals surface area contributed by atoms with Gasteiger partial charge in [0.25, 0.3) is 6.43 Å². The zero-order chi connectivity index (χ0) is 14.8. The van der Waals surface area contributed by atoms with Crippen LogP contribution >= 0.6 is 24.8 Å². The number of nitrogens with one attached hydrogen (secondary N) is 1. The summed E-state index contributed by atoms with van der Waals surface area (Å²) in [5, 5.41) is 3.00. The molecule has 0 spiro atoms. The van der Waals surface area contributed by atoms with E-state index in [1.807, 2.05) is 0 Å². The van der Waals surface area contributed by atoms with Gasteiger partial charge in [-0.3, -0.25) is 4.90 Å². The molecule has 22 heavy (non-hydrogen) atoms. The van der Waals surface area contributed by atoms with Crippen molar-refractivity contribution < 1.29 is 22.0 Å². The van der Waals surface area contributed by atoms with Crippen LogP contribution in [0.3, 0.4) is 0 Å². The summed E-state index contributed by atoms with van der Waals surface area (Å²) in [5.41, 5.74) is -1.33. The van der Waals surface area contributed by atoms with Crippen LogP contribution in [0.4, 0.5) is 22.0 Å². The number of hydrogen-bond donors (Lipinski definition) is 1. The van der Waals surface area contributed by atoms with Gasteiger partial charge in [-0.05, 0) is 11.6 Å². The molecule has 0 bridgehead atoms. The van der Waals surface area contributed by atoms with E-state index in [-0.39, 0.29) is 30.4 Å². The number of nitrogens with zero attached hydrogens (tertiary/aromatic N) is 1. The Morgan fingerprint density at radius 2 is 1.55 bits per heavy atom. The van der Waals surface area contributed by atoms with Crippen molar-refractivity contribution in [2.45, 2.75) is 18.6 Å². The Kier molecular flexibility index (Phi) is 8.61. The van der Waals surface area contributed by atoms with Crippen LogP contribution in [-0.4, -0.2) is 37.5 Å². The number of alkyl halides is 5. The summed E-state index contributed by atoms with van der Waals surface area (Å²) in [7, 11) is 0. The molecule has 1 aromatic carbocycles. The highest BCUT2D eigenvalue weighted by atomic mass is 35.5. The lowest BCUT2D eigenvalue weighted by Crippen LogP contribution is -2.47. The number of piperazine rings is 1. The van der Waals surface area contributed by atoms with Gasteiger partial charge in [0, 0.05) is 26.2 Å². The number of halogens is 7. The molecule has 1 fully saturated rings. The number of hydrogen-bond acceptors (Lipinski definition) is 2. The van der Waals surface area contributed by atoms with E-state index in [0.717, 1.165) is 12.1 Å². The smallest absolute Gasteiger partial charge is 0.314 e. The van der Waals surface area contributed by atoms with Crippen molar-refractivity contribution in [1.29, 1.82) is 0 Å². The fourth-order valence-corrected chi connectivity index (χ4v) is 2.47. The van der Waals surface area contributed by atoms with Gasteiger partial charge in [0.1, 0.15) is 0 Å². The largest absolute Gasteiger partial charge is 0.416 e. The van der Waals surface area contributed by atoms with Crippen LogP contribution in [0.1, 0.15) is 17.2 Å². The van der Waals surface area contributed by atoms with E-state index in [0.29, 0.717) is 26.2 Å². The van der Waals surface area contributed by atoms with Crippen molar-refractivity contribution in [1.82, 2.24) is 10.2 Å². The van der Waals surface area contributed by atoms with Crippen LogP contribution < -0.4 is 5.32 Å². The highest BCUT2D eigenvalue weighted by Gasteiger charge is 2.39. The van der Waals surface area contributed by atoms with Gasteiger partial charge in [0.05, 0.1) is 11.6 Å². The predicted molar refractivity (Wildman–Crippen MR) is 79.1 cm³/mol. The van der Waals surface area contributed by atoms with Crippen LogP contribution in [0, 0.1) is 0 Å². The fraction of sp³-hybridized carbons (Fsp3) is 0.538. The third-order valence-electron chi connectivity index (χ3n) is 3.37. The average molecular weight is 367 g/mol. The number of rotatable bonds is 3. The average Bonchev–Trinajstić information content (AvgIpc) is 2.39. The zero-order valence-corrected chi connectivity index (χ0v) is 13.1. The lowest BCUT2D eigenvalue weighted by atomic mass is 9.98. The van der Waals surface area contributed by atoms with Gasteiger partial charge in [-0.15, -0.1) is 24.8 Å². The monoisotopic (exact) mass is 366 g/mol. The van der Waals surface area contributed by atoms with Crippen molar-refractivity contribution in [2.75, 3.05) is 26.2 Å². The third-order valence-corrected chi connectivity index (χ3v) is 3.37. The van der Waals surface area contributed by atoms with E-state index in [4.69, 9.17) is 0 Å². The first-order valence-electron chi connectivity index (χ1n) is 6.30. The van der Waals surface area contributed by atoms with Gasteiger partial charge >= 0.3 is 6.18 Å². The first-order chi connectivity index (χ1) is 9.41. The SMILES string of the molecule is Cl.Cl.FC(F)[C@@H](c1ccccc1C(F)(F)F)N1CCNCC1. The van der Waals surface area contributed by atoms with Crippen molar-refractivity contribution >= 4 is 24.8 Å². The molecule has 1 N–H and O–H groups in total. The predicted octanol–water partition coefficient (Wildman–Crippen LogP) is 3.76. The molecule has 1 atom stereocenters. The van der Waals surface area contributed by atoms with Crippen LogP contribution in [0.2, 0.25) is 0 Å². The molecular formula is C13H17Cl2F5N2. The second kappa shape index (κ2) is 8.86. The first-order valence-corrected chi connectivity index (χ1v) is 6.30. The summed E-state index contributed by atoms with van der Waals surface area (Å²) in [6, 6.07) is 3.05. The molecule has 0 aromatic heterocycles. The molecule has 0 aliphatic carbocycles. The molecule has 9 heteroatoms. The summed E-state index contributed by atoms with van der Waals surface area (Å²) >= 11 is 0. The van der Waals surface area contributed by atoms with Gasteiger partial charge < -0.3 is 5.32 Å². The van der Waals surface area contributed by atoms with E-state index in [1.54, 1.807) is 0 Å². The van der Waals surface area contributed by atoms with E-state index in [9.17, 15) is 22.0 Å². The Morgan fingerprint density at radius 3 is 2.05 bits per heavy atom. The molecule has 0 amide bonds.